The summed E-state index contributed by atoms with van der Waals surface area (Å²) in [7, 11) is 1.67. The third kappa shape index (κ3) is 3.78. The van der Waals surface area contributed by atoms with E-state index >= 15 is 0 Å². The SMILES string of the molecule is COc1ccc(CC(C)NCC(O)c2occ3ccccc23)cc1. The van der Waals surface area contributed by atoms with Crippen molar-refractivity contribution in [2.75, 3.05) is 13.7 Å². The van der Waals surface area contributed by atoms with E-state index < -0.39 is 6.10 Å². The zero-order valence-corrected chi connectivity index (χ0v) is 14.0. The first-order chi connectivity index (χ1) is 11.7. The monoisotopic (exact) mass is 325 g/mol. The molecule has 3 aromatic rings. The maximum absolute atomic E-state index is 10.4. The van der Waals surface area contributed by atoms with Gasteiger partial charge < -0.3 is 19.6 Å². The molecule has 0 spiro atoms. The topological polar surface area (TPSA) is 54.6 Å². The second kappa shape index (κ2) is 7.51. The maximum atomic E-state index is 10.4. The van der Waals surface area contributed by atoms with E-state index in [0.29, 0.717) is 12.3 Å². The molecule has 0 saturated heterocycles. The van der Waals surface area contributed by atoms with Crippen LogP contribution in [0, 0.1) is 0 Å². The van der Waals surface area contributed by atoms with Gasteiger partial charge in [0.05, 0.1) is 13.4 Å². The van der Waals surface area contributed by atoms with Gasteiger partial charge in [-0.25, -0.2) is 0 Å². The summed E-state index contributed by atoms with van der Waals surface area (Å²) in [5.41, 5.74) is 1.23. The van der Waals surface area contributed by atoms with Gasteiger partial charge in [0.25, 0.3) is 0 Å². The van der Waals surface area contributed by atoms with Gasteiger partial charge in [-0.05, 0) is 31.0 Å². The largest absolute Gasteiger partial charge is 0.497 e. The zero-order chi connectivity index (χ0) is 16.9. The van der Waals surface area contributed by atoms with Crippen molar-refractivity contribution in [3.63, 3.8) is 0 Å². The van der Waals surface area contributed by atoms with Crippen molar-refractivity contribution in [2.45, 2.75) is 25.5 Å². The molecule has 2 unspecified atom stereocenters. The van der Waals surface area contributed by atoms with Crippen molar-refractivity contribution in [2.24, 2.45) is 0 Å². The van der Waals surface area contributed by atoms with Crippen LogP contribution in [0.2, 0.25) is 0 Å². The van der Waals surface area contributed by atoms with Crippen LogP contribution in [-0.4, -0.2) is 24.8 Å². The number of hydrogen-bond donors (Lipinski definition) is 2. The van der Waals surface area contributed by atoms with Crippen molar-refractivity contribution in [3.8, 4) is 5.75 Å². The molecule has 0 radical (unpaired) electrons. The number of benzene rings is 2. The van der Waals surface area contributed by atoms with Crippen molar-refractivity contribution in [1.29, 1.82) is 0 Å². The summed E-state index contributed by atoms with van der Waals surface area (Å²) in [5.74, 6) is 1.48. The van der Waals surface area contributed by atoms with Crippen LogP contribution < -0.4 is 10.1 Å². The fourth-order valence-corrected chi connectivity index (χ4v) is 2.87. The first-order valence-corrected chi connectivity index (χ1v) is 8.18. The summed E-state index contributed by atoms with van der Waals surface area (Å²) in [6, 6.07) is 16.2. The number of ether oxygens (including phenoxy) is 1. The Balaban J connectivity index is 1.56. The lowest BCUT2D eigenvalue weighted by Gasteiger charge is -2.16. The van der Waals surface area contributed by atoms with Crippen LogP contribution >= 0.6 is 0 Å². The van der Waals surface area contributed by atoms with E-state index in [4.69, 9.17) is 9.15 Å². The van der Waals surface area contributed by atoms with Crippen molar-refractivity contribution >= 4 is 10.8 Å². The standard InChI is InChI=1S/C20H23NO3/c1-14(11-15-7-9-17(23-2)10-8-15)21-12-19(22)20-18-6-4-3-5-16(18)13-24-20/h3-10,13-14,19,21-22H,11-12H2,1-2H3. The summed E-state index contributed by atoms with van der Waals surface area (Å²) in [6.45, 7) is 2.56. The predicted octanol–water partition coefficient (Wildman–Crippen LogP) is 3.70. The first kappa shape index (κ1) is 16.6. The molecule has 126 valence electrons. The first-order valence-electron chi connectivity index (χ1n) is 8.18. The molecule has 1 heterocycles. The Labute approximate surface area is 142 Å². The number of furan rings is 1. The molecule has 0 aliphatic heterocycles. The van der Waals surface area contributed by atoms with Gasteiger partial charge in [0.1, 0.15) is 17.6 Å². The van der Waals surface area contributed by atoms with Crippen LogP contribution in [0.4, 0.5) is 0 Å². The van der Waals surface area contributed by atoms with Crippen LogP contribution in [0.5, 0.6) is 5.75 Å². The second-order valence-electron chi connectivity index (χ2n) is 6.06. The third-order valence-corrected chi connectivity index (χ3v) is 4.20. The highest BCUT2D eigenvalue weighted by atomic mass is 16.5. The highest BCUT2D eigenvalue weighted by Crippen LogP contribution is 2.26. The molecule has 3 rings (SSSR count). The van der Waals surface area contributed by atoms with E-state index in [9.17, 15) is 5.11 Å². The third-order valence-electron chi connectivity index (χ3n) is 4.20. The highest BCUT2D eigenvalue weighted by Gasteiger charge is 2.16. The minimum Gasteiger partial charge on any atom is -0.497 e. The molecular formula is C20H23NO3. The Kier molecular flexibility index (Phi) is 5.18. The number of hydrogen-bond acceptors (Lipinski definition) is 4. The second-order valence-corrected chi connectivity index (χ2v) is 6.06. The Hall–Kier alpha value is -2.30. The summed E-state index contributed by atoms with van der Waals surface area (Å²) in [4.78, 5) is 0. The minimum atomic E-state index is -0.664. The lowest BCUT2D eigenvalue weighted by atomic mass is 10.1. The van der Waals surface area contributed by atoms with Gasteiger partial charge in [0.2, 0.25) is 0 Å². The molecule has 0 bridgehead atoms. The number of rotatable bonds is 7. The fourth-order valence-electron chi connectivity index (χ4n) is 2.87. The van der Waals surface area contributed by atoms with E-state index in [1.54, 1.807) is 13.4 Å². The molecule has 0 aliphatic rings. The van der Waals surface area contributed by atoms with Crippen LogP contribution in [-0.2, 0) is 6.42 Å². The molecule has 4 heteroatoms. The lowest BCUT2D eigenvalue weighted by Crippen LogP contribution is -2.32. The maximum Gasteiger partial charge on any atom is 0.141 e. The molecule has 0 aliphatic carbocycles. The molecule has 4 nitrogen and oxygen atoms in total. The van der Waals surface area contributed by atoms with Crippen molar-refractivity contribution in [3.05, 3.63) is 66.1 Å². The number of nitrogens with one attached hydrogen (secondary N) is 1. The summed E-state index contributed by atoms with van der Waals surface area (Å²) < 4.78 is 10.7. The average molecular weight is 325 g/mol. The molecule has 2 atom stereocenters. The fraction of sp³-hybridized carbons (Fsp3) is 0.300. The Morgan fingerprint density at radius 1 is 1.12 bits per heavy atom. The quantitative estimate of drug-likeness (QED) is 0.695. The zero-order valence-electron chi connectivity index (χ0n) is 14.0. The Morgan fingerprint density at radius 3 is 2.62 bits per heavy atom. The lowest BCUT2D eigenvalue weighted by molar-refractivity contribution is 0.146. The molecule has 0 amide bonds. The highest BCUT2D eigenvalue weighted by molar-refractivity contribution is 5.84. The number of aliphatic hydroxyl groups is 1. The average Bonchev–Trinajstić information content (AvgIpc) is 3.04. The van der Waals surface area contributed by atoms with Gasteiger partial charge in [-0.3, -0.25) is 0 Å². The summed E-state index contributed by atoms with van der Waals surface area (Å²) in [6.07, 6.45) is 1.91. The molecule has 0 saturated carbocycles. The van der Waals surface area contributed by atoms with Crippen molar-refractivity contribution in [1.82, 2.24) is 5.32 Å². The molecule has 2 aromatic carbocycles. The van der Waals surface area contributed by atoms with E-state index in [1.165, 1.54) is 5.56 Å². The van der Waals surface area contributed by atoms with E-state index in [1.807, 2.05) is 36.4 Å². The van der Waals surface area contributed by atoms with Gasteiger partial charge in [-0.2, -0.15) is 0 Å². The van der Waals surface area contributed by atoms with E-state index in [2.05, 4.69) is 24.4 Å². The van der Waals surface area contributed by atoms with Crippen molar-refractivity contribution < 1.29 is 14.3 Å². The van der Waals surface area contributed by atoms with Gasteiger partial charge in [0.15, 0.2) is 0 Å². The van der Waals surface area contributed by atoms with Crippen LogP contribution in [0.25, 0.3) is 10.8 Å². The van der Waals surface area contributed by atoms with Crippen LogP contribution in [0.15, 0.2) is 59.2 Å². The van der Waals surface area contributed by atoms with E-state index in [-0.39, 0.29) is 6.04 Å². The number of fused-ring (bicyclic) bond motifs is 1. The van der Waals surface area contributed by atoms with Gasteiger partial charge in [0, 0.05) is 23.4 Å². The molecule has 24 heavy (non-hydrogen) atoms. The Morgan fingerprint density at radius 2 is 1.88 bits per heavy atom. The normalized spacial score (nSPS) is 13.8. The summed E-state index contributed by atoms with van der Waals surface area (Å²) in [5, 5.41) is 15.8. The summed E-state index contributed by atoms with van der Waals surface area (Å²) >= 11 is 0. The predicted molar refractivity (Wildman–Crippen MR) is 95.3 cm³/mol. The minimum absolute atomic E-state index is 0.245. The van der Waals surface area contributed by atoms with E-state index in [0.717, 1.165) is 22.9 Å². The number of methoxy groups -OCH3 is 1. The van der Waals surface area contributed by atoms with Crippen LogP contribution in [0.3, 0.4) is 0 Å². The molecule has 1 aromatic heterocycles. The van der Waals surface area contributed by atoms with Crippen LogP contribution in [0.1, 0.15) is 24.4 Å². The molecule has 2 N–H and O–H groups in total. The van der Waals surface area contributed by atoms with Gasteiger partial charge in [-0.15, -0.1) is 0 Å². The molecular weight excluding hydrogens is 302 g/mol. The van der Waals surface area contributed by atoms with Gasteiger partial charge >= 0.3 is 0 Å². The molecule has 0 fully saturated rings. The number of aliphatic hydroxyl groups excluding tert-OH is 1. The van der Waals surface area contributed by atoms with Gasteiger partial charge in [-0.1, -0.05) is 36.4 Å². The Bertz CT molecular complexity index is 779. The smallest absolute Gasteiger partial charge is 0.141 e.